The van der Waals surface area contributed by atoms with E-state index in [1.807, 2.05) is 6.92 Å². The topological polar surface area (TPSA) is 63.3 Å². The van der Waals surface area contributed by atoms with E-state index in [2.05, 4.69) is 0 Å². The second-order valence-corrected chi connectivity index (χ2v) is 3.38. The van der Waals surface area contributed by atoms with E-state index >= 15 is 0 Å². The molecule has 0 spiro atoms. The fourth-order valence-corrected chi connectivity index (χ4v) is 1.49. The van der Waals surface area contributed by atoms with E-state index in [-0.39, 0.29) is 23.6 Å². The summed E-state index contributed by atoms with van der Waals surface area (Å²) in [7, 11) is 0. The molecule has 0 saturated heterocycles. The lowest BCUT2D eigenvalue weighted by Crippen LogP contribution is -2.14. The van der Waals surface area contributed by atoms with Crippen LogP contribution >= 0.6 is 11.6 Å². The number of halogens is 1. The standard InChI is InChI=1S/C10H12ClNO2/c1-2-6-3-7(11)4-8(10(6)14)9(13)5-12/h3-4,14H,2,5,12H2,1H3. The Morgan fingerprint density at radius 3 is 2.71 bits per heavy atom. The van der Waals surface area contributed by atoms with E-state index in [0.29, 0.717) is 17.0 Å². The molecule has 0 aliphatic heterocycles. The van der Waals surface area contributed by atoms with Gasteiger partial charge in [-0.1, -0.05) is 18.5 Å². The third-order valence-corrected chi connectivity index (χ3v) is 2.24. The third-order valence-electron chi connectivity index (χ3n) is 2.02. The van der Waals surface area contributed by atoms with Gasteiger partial charge in [0.15, 0.2) is 5.78 Å². The van der Waals surface area contributed by atoms with Gasteiger partial charge in [0, 0.05) is 5.02 Å². The highest BCUT2D eigenvalue weighted by Crippen LogP contribution is 2.27. The van der Waals surface area contributed by atoms with Crippen LogP contribution in [0.15, 0.2) is 12.1 Å². The number of phenols is 1. The zero-order valence-electron chi connectivity index (χ0n) is 7.88. The van der Waals surface area contributed by atoms with Gasteiger partial charge in [-0.3, -0.25) is 4.79 Å². The van der Waals surface area contributed by atoms with E-state index in [1.165, 1.54) is 6.07 Å². The first-order valence-electron chi connectivity index (χ1n) is 4.34. The molecule has 1 rings (SSSR count). The van der Waals surface area contributed by atoms with Crippen molar-refractivity contribution in [1.29, 1.82) is 0 Å². The largest absolute Gasteiger partial charge is 0.507 e. The predicted molar refractivity (Wildman–Crippen MR) is 55.9 cm³/mol. The average molecular weight is 214 g/mol. The van der Waals surface area contributed by atoms with Crippen molar-refractivity contribution < 1.29 is 9.90 Å². The van der Waals surface area contributed by atoms with Gasteiger partial charge < -0.3 is 10.8 Å². The summed E-state index contributed by atoms with van der Waals surface area (Å²) in [6.07, 6.45) is 0.622. The molecular weight excluding hydrogens is 202 g/mol. The fraction of sp³-hybridized carbons (Fsp3) is 0.300. The van der Waals surface area contributed by atoms with Gasteiger partial charge in [-0.15, -0.1) is 0 Å². The maximum Gasteiger partial charge on any atom is 0.180 e. The lowest BCUT2D eigenvalue weighted by atomic mass is 10.0. The van der Waals surface area contributed by atoms with E-state index in [4.69, 9.17) is 17.3 Å². The number of benzene rings is 1. The first kappa shape index (κ1) is 11.0. The number of aromatic hydroxyl groups is 1. The summed E-state index contributed by atoms with van der Waals surface area (Å²) in [5.41, 5.74) is 6.08. The summed E-state index contributed by atoms with van der Waals surface area (Å²) in [6.45, 7) is 1.75. The molecule has 0 amide bonds. The molecule has 76 valence electrons. The van der Waals surface area contributed by atoms with Crippen molar-refractivity contribution >= 4 is 17.4 Å². The summed E-state index contributed by atoms with van der Waals surface area (Å²) in [6, 6.07) is 3.08. The minimum atomic E-state index is -0.306. The highest BCUT2D eigenvalue weighted by Gasteiger charge is 2.13. The summed E-state index contributed by atoms with van der Waals surface area (Å²) in [5.74, 6) is -0.313. The number of hydrogen-bond acceptors (Lipinski definition) is 3. The Kier molecular flexibility index (Phi) is 3.49. The number of ketones is 1. The second-order valence-electron chi connectivity index (χ2n) is 2.94. The Bertz CT molecular complexity index is 363. The summed E-state index contributed by atoms with van der Waals surface area (Å²) < 4.78 is 0. The molecule has 0 aliphatic rings. The fourth-order valence-electron chi connectivity index (χ4n) is 1.25. The number of phenolic OH excluding ortho intramolecular Hbond substituents is 1. The van der Waals surface area contributed by atoms with Crippen LogP contribution in [0.1, 0.15) is 22.8 Å². The van der Waals surface area contributed by atoms with Crippen molar-refractivity contribution in [3.63, 3.8) is 0 Å². The molecule has 0 heterocycles. The maximum absolute atomic E-state index is 11.3. The van der Waals surface area contributed by atoms with Crippen molar-refractivity contribution in [3.05, 3.63) is 28.3 Å². The van der Waals surface area contributed by atoms with Crippen molar-refractivity contribution in [2.75, 3.05) is 6.54 Å². The monoisotopic (exact) mass is 213 g/mol. The molecule has 0 saturated carbocycles. The molecule has 0 fully saturated rings. The number of Topliss-reactive ketones (excluding diaryl/α,β-unsaturated/α-hetero) is 1. The van der Waals surface area contributed by atoms with Gasteiger partial charge in [0.25, 0.3) is 0 Å². The third kappa shape index (κ3) is 2.05. The molecule has 3 nitrogen and oxygen atoms in total. The summed E-state index contributed by atoms with van der Waals surface area (Å²) >= 11 is 5.80. The molecule has 14 heavy (non-hydrogen) atoms. The first-order chi connectivity index (χ1) is 6.60. The predicted octanol–water partition coefficient (Wildman–Crippen LogP) is 1.75. The molecule has 0 aliphatic carbocycles. The van der Waals surface area contributed by atoms with Crippen molar-refractivity contribution in [2.45, 2.75) is 13.3 Å². The summed E-state index contributed by atoms with van der Waals surface area (Å²) in [5, 5.41) is 10.1. The minimum Gasteiger partial charge on any atom is -0.507 e. The minimum absolute atomic E-state index is 0.00708. The average Bonchev–Trinajstić information content (AvgIpc) is 2.19. The van der Waals surface area contributed by atoms with Gasteiger partial charge in [0.1, 0.15) is 5.75 Å². The Balaban J connectivity index is 3.29. The van der Waals surface area contributed by atoms with Crippen LogP contribution in [-0.2, 0) is 6.42 Å². The lowest BCUT2D eigenvalue weighted by Gasteiger charge is -2.07. The smallest absolute Gasteiger partial charge is 0.180 e. The number of carbonyl (C=O) groups excluding carboxylic acids is 1. The number of carbonyl (C=O) groups is 1. The van der Waals surface area contributed by atoms with E-state index in [9.17, 15) is 9.90 Å². The molecule has 0 aromatic heterocycles. The van der Waals surface area contributed by atoms with Crippen LogP contribution in [0.2, 0.25) is 5.02 Å². The molecule has 3 N–H and O–H groups in total. The second kappa shape index (κ2) is 4.44. The van der Waals surface area contributed by atoms with E-state index in [1.54, 1.807) is 6.07 Å². The molecule has 0 atom stereocenters. The zero-order chi connectivity index (χ0) is 10.7. The van der Waals surface area contributed by atoms with Gasteiger partial charge in [-0.2, -0.15) is 0 Å². The van der Waals surface area contributed by atoms with Crippen molar-refractivity contribution in [2.24, 2.45) is 5.73 Å². The molecule has 4 heteroatoms. The summed E-state index contributed by atoms with van der Waals surface area (Å²) in [4.78, 5) is 11.3. The number of hydrogen-bond donors (Lipinski definition) is 2. The van der Waals surface area contributed by atoms with Crippen LogP contribution in [0.4, 0.5) is 0 Å². The Morgan fingerprint density at radius 1 is 1.57 bits per heavy atom. The SMILES string of the molecule is CCc1cc(Cl)cc(C(=O)CN)c1O. The van der Waals surface area contributed by atoms with E-state index < -0.39 is 0 Å². The Hall–Kier alpha value is -1.06. The lowest BCUT2D eigenvalue weighted by molar-refractivity contribution is 0.0998. The van der Waals surface area contributed by atoms with Crippen LogP contribution in [0, 0.1) is 0 Å². The number of nitrogens with two attached hydrogens (primary N) is 1. The van der Waals surface area contributed by atoms with Crippen LogP contribution in [0.3, 0.4) is 0 Å². The quantitative estimate of drug-likeness (QED) is 0.752. The molecule has 0 radical (unpaired) electrons. The van der Waals surface area contributed by atoms with Gasteiger partial charge in [0.05, 0.1) is 12.1 Å². The van der Waals surface area contributed by atoms with Gasteiger partial charge in [0.2, 0.25) is 0 Å². The Labute approximate surface area is 87.5 Å². The number of rotatable bonds is 3. The van der Waals surface area contributed by atoms with E-state index in [0.717, 1.165) is 0 Å². The van der Waals surface area contributed by atoms with Crippen LogP contribution in [-0.4, -0.2) is 17.4 Å². The van der Waals surface area contributed by atoms with Gasteiger partial charge >= 0.3 is 0 Å². The normalized spacial score (nSPS) is 10.2. The van der Waals surface area contributed by atoms with Crippen LogP contribution < -0.4 is 5.73 Å². The van der Waals surface area contributed by atoms with Crippen molar-refractivity contribution in [1.82, 2.24) is 0 Å². The number of aryl methyl sites for hydroxylation is 1. The first-order valence-corrected chi connectivity index (χ1v) is 4.72. The van der Waals surface area contributed by atoms with Crippen LogP contribution in [0.5, 0.6) is 5.75 Å². The maximum atomic E-state index is 11.3. The Morgan fingerprint density at radius 2 is 2.21 bits per heavy atom. The highest BCUT2D eigenvalue weighted by atomic mass is 35.5. The molecule has 1 aromatic carbocycles. The van der Waals surface area contributed by atoms with Crippen LogP contribution in [0.25, 0.3) is 0 Å². The zero-order valence-corrected chi connectivity index (χ0v) is 8.64. The van der Waals surface area contributed by atoms with Crippen molar-refractivity contribution in [3.8, 4) is 5.75 Å². The molecule has 0 bridgehead atoms. The molecule has 0 unspecified atom stereocenters. The van der Waals surface area contributed by atoms with Gasteiger partial charge in [-0.25, -0.2) is 0 Å². The van der Waals surface area contributed by atoms with Gasteiger partial charge in [-0.05, 0) is 24.1 Å². The molecule has 1 aromatic rings. The highest BCUT2D eigenvalue weighted by molar-refractivity contribution is 6.31. The molecular formula is C10H12ClNO2.